The van der Waals surface area contributed by atoms with Gasteiger partial charge in [-0.15, -0.1) is 0 Å². The van der Waals surface area contributed by atoms with Gasteiger partial charge >= 0.3 is 0 Å². The molecule has 2 fully saturated rings. The second kappa shape index (κ2) is 8.05. The van der Waals surface area contributed by atoms with Crippen molar-refractivity contribution in [2.24, 2.45) is 12.0 Å². The van der Waals surface area contributed by atoms with E-state index in [1.807, 2.05) is 18.1 Å². The number of carbonyl (C=O) groups is 1. The maximum Gasteiger partial charge on any atom is 0.246 e. The van der Waals surface area contributed by atoms with Crippen LogP contribution in [0.4, 0.5) is 5.69 Å². The first-order chi connectivity index (χ1) is 12.5. The van der Waals surface area contributed by atoms with E-state index < -0.39 is 0 Å². The van der Waals surface area contributed by atoms with Crippen molar-refractivity contribution >= 4 is 17.6 Å². The largest absolute Gasteiger partial charge is 0.355 e. The molecule has 1 N–H and O–H groups in total. The van der Waals surface area contributed by atoms with E-state index in [1.54, 1.807) is 22.8 Å². The average molecular weight is 362 g/mol. The first kappa shape index (κ1) is 18.7. The molecule has 26 heavy (non-hydrogen) atoms. The minimum absolute atomic E-state index is 0.0710. The van der Waals surface area contributed by atoms with Crippen molar-refractivity contribution in [2.75, 3.05) is 71.9 Å². The van der Waals surface area contributed by atoms with E-state index in [4.69, 9.17) is 0 Å². The fourth-order valence-corrected chi connectivity index (χ4v) is 3.54. The minimum Gasteiger partial charge on any atom is -0.355 e. The number of guanidine groups is 1. The quantitative estimate of drug-likeness (QED) is 0.543. The number of aliphatic imine (C=N–C) groups is 1. The highest BCUT2D eigenvalue weighted by molar-refractivity contribution is 5.98. The van der Waals surface area contributed by atoms with Gasteiger partial charge in [0.25, 0.3) is 0 Å². The number of hydrogen-bond donors (Lipinski definition) is 1. The van der Waals surface area contributed by atoms with E-state index in [0.717, 1.165) is 44.4 Å². The Balaban J connectivity index is 1.55. The van der Waals surface area contributed by atoms with Gasteiger partial charge in [0.2, 0.25) is 5.91 Å². The number of carbonyl (C=O) groups excluding carboxylic acids is 1. The number of likely N-dealkylation sites (N-methyl/N-ethyl adjacent to an activating group) is 2. The molecule has 0 saturated carbocycles. The Bertz CT molecular complexity index is 657. The van der Waals surface area contributed by atoms with Crippen LogP contribution in [0.2, 0.25) is 0 Å². The maximum atomic E-state index is 12.6. The summed E-state index contributed by atoms with van der Waals surface area (Å²) in [6.07, 6.45) is 3.60. The molecule has 1 aromatic heterocycles. The highest BCUT2D eigenvalue weighted by Gasteiger charge is 2.28. The molecule has 0 bridgehead atoms. The number of nitrogens with one attached hydrogen (secondary N) is 1. The van der Waals surface area contributed by atoms with Gasteiger partial charge in [0.05, 0.1) is 11.9 Å². The molecule has 2 aliphatic heterocycles. The summed E-state index contributed by atoms with van der Waals surface area (Å²) in [4.78, 5) is 25.5. The van der Waals surface area contributed by atoms with Gasteiger partial charge in [-0.2, -0.15) is 5.10 Å². The Morgan fingerprint density at radius 3 is 2.73 bits per heavy atom. The van der Waals surface area contributed by atoms with E-state index in [-0.39, 0.29) is 5.91 Å². The third kappa shape index (κ3) is 4.16. The maximum absolute atomic E-state index is 12.6. The third-order valence-corrected chi connectivity index (χ3v) is 5.21. The summed E-state index contributed by atoms with van der Waals surface area (Å²) in [7, 11) is 7.95. The minimum atomic E-state index is 0.0710. The van der Waals surface area contributed by atoms with Gasteiger partial charge in [0.15, 0.2) is 5.96 Å². The highest BCUT2D eigenvalue weighted by Crippen LogP contribution is 2.16. The number of aromatic nitrogens is 2. The number of nitrogens with zero attached hydrogens (tertiary/aromatic N) is 7. The Morgan fingerprint density at radius 2 is 2.08 bits per heavy atom. The van der Waals surface area contributed by atoms with Gasteiger partial charge in [-0.3, -0.25) is 19.4 Å². The molecule has 0 aliphatic carbocycles. The molecule has 3 heterocycles. The summed E-state index contributed by atoms with van der Waals surface area (Å²) >= 11 is 0. The lowest BCUT2D eigenvalue weighted by Crippen LogP contribution is -2.58. The van der Waals surface area contributed by atoms with Crippen molar-refractivity contribution in [2.45, 2.75) is 6.04 Å². The first-order valence-corrected chi connectivity index (χ1v) is 9.11. The Kier molecular flexibility index (Phi) is 5.77. The van der Waals surface area contributed by atoms with Crippen molar-refractivity contribution in [1.29, 1.82) is 0 Å². The standard InChI is InChI=1S/C17H30N8O/c1-18-17(19-9-14-11-21(2)5-6-22(14)3)24-7-8-25(16(26)13-24)15-10-20-23(4)12-15/h10,12,14H,5-9,11,13H2,1-4H3,(H,18,19). The van der Waals surface area contributed by atoms with E-state index in [0.29, 0.717) is 19.1 Å². The van der Waals surface area contributed by atoms with Crippen LogP contribution in [-0.2, 0) is 11.8 Å². The van der Waals surface area contributed by atoms with E-state index >= 15 is 0 Å². The molecule has 2 aliphatic rings. The summed E-state index contributed by atoms with van der Waals surface area (Å²) in [6.45, 7) is 5.75. The lowest BCUT2D eigenvalue weighted by Gasteiger charge is -2.39. The molecule has 3 rings (SSSR count). The summed E-state index contributed by atoms with van der Waals surface area (Å²) < 4.78 is 1.72. The van der Waals surface area contributed by atoms with Crippen molar-refractivity contribution in [1.82, 2.24) is 29.8 Å². The Labute approximate surface area is 155 Å². The predicted molar refractivity (Wildman–Crippen MR) is 102 cm³/mol. The zero-order valence-corrected chi connectivity index (χ0v) is 16.2. The molecule has 144 valence electrons. The smallest absolute Gasteiger partial charge is 0.246 e. The monoisotopic (exact) mass is 362 g/mol. The lowest BCUT2D eigenvalue weighted by molar-refractivity contribution is -0.120. The predicted octanol–water partition coefficient (Wildman–Crippen LogP) is -1.11. The van der Waals surface area contributed by atoms with Crippen molar-refractivity contribution < 1.29 is 4.79 Å². The summed E-state index contributed by atoms with van der Waals surface area (Å²) in [6, 6.07) is 0.442. The van der Waals surface area contributed by atoms with E-state index in [9.17, 15) is 4.79 Å². The van der Waals surface area contributed by atoms with Crippen LogP contribution in [-0.4, -0.2) is 109 Å². The second-order valence-electron chi connectivity index (χ2n) is 7.16. The Hall–Kier alpha value is -2.13. The molecule has 1 atom stereocenters. The molecule has 0 radical (unpaired) electrons. The second-order valence-corrected chi connectivity index (χ2v) is 7.16. The number of aryl methyl sites for hydroxylation is 1. The highest BCUT2D eigenvalue weighted by atomic mass is 16.2. The van der Waals surface area contributed by atoms with Crippen molar-refractivity contribution in [3.8, 4) is 0 Å². The lowest BCUT2D eigenvalue weighted by atomic mass is 10.2. The van der Waals surface area contributed by atoms with Crippen LogP contribution in [0.1, 0.15) is 0 Å². The molecule has 0 aromatic carbocycles. The van der Waals surface area contributed by atoms with Crippen molar-refractivity contribution in [3.05, 3.63) is 12.4 Å². The van der Waals surface area contributed by atoms with Crippen LogP contribution in [0.25, 0.3) is 0 Å². The summed E-state index contributed by atoms with van der Waals surface area (Å²) in [5, 5.41) is 7.61. The van der Waals surface area contributed by atoms with Crippen molar-refractivity contribution in [3.63, 3.8) is 0 Å². The number of anilines is 1. The first-order valence-electron chi connectivity index (χ1n) is 9.11. The van der Waals surface area contributed by atoms with E-state index in [1.165, 1.54) is 0 Å². The van der Waals surface area contributed by atoms with Gasteiger partial charge in [-0.25, -0.2) is 0 Å². The Morgan fingerprint density at radius 1 is 1.27 bits per heavy atom. The van der Waals surface area contributed by atoms with Gasteiger partial charge in [0.1, 0.15) is 6.54 Å². The molecule has 1 aromatic rings. The van der Waals surface area contributed by atoms with Gasteiger partial charge in [0, 0.05) is 65.6 Å². The van der Waals surface area contributed by atoms with Gasteiger partial charge in [-0.05, 0) is 14.1 Å². The van der Waals surface area contributed by atoms with Crippen LogP contribution in [0, 0.1) is 0 Å². The number of amides is 1. The number of piperazine rings is 2. The molecule has 2 saturated heterocycles. The zero-order chi connectivity index (χ0) is 18.7. The molecule has 1 amide bonds. The fraction of sp³-hybridized carbons (Fsp3) is 0.706. The molecular weight excluding hydrogens is 332 g/mol. The van der Waals surface area contributed by atoms with Gasteiger partial charge < -0.3 is 20.0 Å². The fourth-order valence-electron chi connectivity index (χ4n) is 3.54. The van der Waals surface area contributed by atoms with Crippen LogP contribution >= 0.6 is 0 Å². The van der Waals surface area contributed by atoms with Crippen LogP contribution in [0.15, 0.2) is 17.4 Å². The SMILES string of the molecule is CN=C(NCC1CN(C)CCN1C)N1CCN(c2cnn(C)c2)C(=O)C1. The molecule has 9 nitrogen and oxygen atoms in total. The summed E-state index contributed by atoms with van der Waals surface area (Å²) in [5.74, 6) is 0.868. The zero-order valence-electron chi connectivity index (χ0n) is 16.2. The number of rotatable bonds is 3. The third-order valence-electron chi connectivity index (χ3n) is 5.21. The molecular formula is C17H30N8O. The molecule has 9 heteroatoms. The van der Waals surface area contributed by atoms with Gasteiger partial charge in [-0.1, -0.05) is 0 Å². The van der Waals surface area contributed by atoms with E-state index in [2.05, 4.69) is 39.3 Å². The topological polar surface area (TPSA) is 72.2 Å². The molecule has 1 unspecified atom stereocenters. The average Bonchev–Trinajstić information content (AvgIpc) is 3.04. The summed E-state index contributed by atoms with van der Waals surface area (Å²) in [5.41, 5.74) is 0.854. The number of hydrogen-bond acceptors (Lipinski definition) is 5. The van der Waals surface area contributed by atoms with Crippen LogP contribution in [0.5, 0.6) is 0 Å². The normalized spacial score (nSPS) is 23.6. The van der Waals surface area contributed by atoms with Crippen LogP contribution < -0.4 is 10.2 Å². The van der Waals surface area contributed by atoms with Crippen LogP contribution in [0.3, 0.4) is 0 Å². The molecule has 0 spiro atoms.